The summed E-state index contributed by atoms with van der Waals surface area (Å²) in [5.74, 6) is -0.207. The molecule has 1 unspecified atom stereocenters. The maximum atomic E-state index is 12.5. The minimum absolute atomic E-state index is 0.191. The summed E-state index contributed by atoms with van der Waals surface area (Å²) in [5, 5.41) is 11.9. The van der Waals surface area contributed by atoms with E-state index in [1.807, 2.05) is 0 Å². The third-order valence-electron chi connectivity index (χ3n) is 4.00. The van der Waals surface area contributed by atoms with Gasteiger partial charge in [0.15, 0.2) is 11.5 Å². The third kappa shape index (κ3) is 3.64. The number of anilines is 1. The van der Waals surface area contributed by atoms with Gasteiger partial charge in [0.1, 0.15) is 0 Å². The topological polar surface area (TPSA) is 97.3 Å². The van der Waals surface area contributed by atoms with E-state index in [9.17, 15) is 9.59 Å². The molecule has 2 amide bonds. The summed E-state index contributed by atoms with van der Waals surface area (Å²) >= 11 is 0. The second kappa shape index (κ2) is 7.76. The minimum atomic E-state index is -0.879. The van der Waals surface area contributed by atoms with Crippen LogP contribution in [0, 0.1) is 5.92 Å². The van der Waals surface area contributed by atoms with Crippen LogP contribution in [-0.2, 0) is 4.79 Å². The van der Waals surface area contributed by atoms with E-state index in [1.165, 1.54) is 26.2 Å². The lowest BCUT2D eigenvalue weighted by molar-refractivity contribution is -0.143. The van der Waals surface area contributed by atoms with Gasteiger partial charge in [-0.15, -0.1) is 0 Å². The summed E-state index contributed by atoms with van der Waals surface area (Å²) in [4.78, 5) is 25.1. The van der Waals surface area contributed by atoms with Crippen LogP contribution in [0.5, 0.6) is 17.2 Å². The maximum Gasteiger partial charge on any atom is 0.321 e. The number of ether oxygens (including phenoxy) is 3. The Kier molecular flexibility index (Phi) is 5.73. The molecule has 2 rings (SSSR count). The van der Waals surface area contributed by atoms with Crippen LogP contribution in [0.25, 0.3) is 0 Å². The third-order valence-corrected chi connectivity index (χ3v) is 4.00. The number of urea groups is 1. The van der Waals surface area contributed by atoms with Crippen molar-refractivity contribution >= 4 is 17.7 Å². The molecule has 24 heavy (non-hydrogen) atoms. The van der Waals surface area contributed by atoms with E-state index in [0.717, 1.165) is 0 Å². The van der Waals surface area contributed by atoms with Crippen molar-refractivity contribution in [2.75, 3.05) is 39.7 Å². The zero-order valence-corrected chi connectivity index (χ0v) is 14.0. The van der Waals surface area contributed by atoms with E-state index in [-0.39, 0.29) is 12.6 Å². The number of nitrogens with zero attached hydrogens (tertiary/aromatic N) is 1. The molecule has 1 atom stereocenters. The van der Waals surface area contributed by atoms with Gasteiger partial charge < -0.3 is 29.5 Å². The molecule has 2 N–H and O–H groups in total. The summed E-state index contributed by atoms with van der Waals surface area (Å²) in [5.41, 5.74) is 0.428. The highest BCUT2D eigenvalue weighted by molar-refractivity contribution is 5.92. The predicted octanol–water partition coefficient (Wildman–Crippen LogP) is 2.04. The molecular formula is C16H22N2O6. The lowest BCUT2D eigenvalue weighted by Crippen LogP contribution is -2.44. The largest absolute Gasteiger partial charge is 0.493 e. The van der Waals surface area contributed by atoms with Crippen molar-refractivity contribution in [2.24, 2.45) is 5.92 Å². The molecule has 0 bridgehead atoms. The van der Waals surface area contributed by atoms with Gasteiger partial charge in [0.2, 0.25) is 5.75 Å². The number of carbonyl (C=O) groups is 2. The quantitative estimate of drug-likeness (QED) is 0.853. The van der Waals surface area contributed by atoms with Crippen molar-refractivity contribution in [2.45, 2.75) is 12.8 Å². The van der Waals surface area contributed by atoms with Crippen molar-refractivity contribution < 1.29 is 28.9 Å². The molecular weight excluding hydrogens is 316 g/mol. The smallest absolute Gasteiger partial charge is 0.321 e. The number of rotatable bonds is 5. The number of carboxylic acid groups (broad SMARTS) is 1. The van der Waals surface area contributed by atoms with Crippen LogP contribution in [0.4, 0.5) is 10.5 Å². The van der Waals surface area contributed by atoms with Gasteiger partial charge in [0.25, 0.3) is 0 Å². The Bertz CT molecular complexity index is 619. The van der Waals surface area contributed by atoms with Crippen LogP contribution in [0.3, 0.4) is 0 Å². The van der Waals surface area contributed by atoms with Crippen molar-refractivity contribution in [1.29, 1.82) is 0 Å². The molecule has 1 heterocycles. The van der Waals surface area contributed by atoms with Gasteiger partial charge in [-0.3, -0.25) is 4.79 Å². The van der Waals surface area contributed by atoms with Gasteiger partial charge in [-0.1, -0.05) is 0 Å². The molecule has 1 aromatic rings. The van der Waals surface area contributed by atoms with Crippen molar-refractivity contribution in [3.8, 4) is 17.2 Å². The first-order valence-corrected chi connectivity index (χ1v) is 7.59. The summed E-state index contributed by atoms with van der Waals surface area (Å²) in [6.07, 6.45) is 1.24. The molecule has 0 saturated carbocycles. The fourth-order valence-electron chi connectivity index (χ4n) is 2.76. The van der Waals surface area contributed by atoms with Crippen molar-refractivity contribution in [3.05, 3.63) is 12.1 Å². The molecule has 1 aliphatic rings. The first kappa shape index (κ1) is 17.7. The van der Waals surface area contributed by atoms with Gasteiger partial charge in [-0.2, -0.15) is 0 Å². The second-order valence-corrected chi connectivity index (χ2v) is 5.44. The van der Waals surface area contributed by atoms with Crippen LogP contribution in [0.1, 0.15) is 12.8 Å². The highest BCUT2D eigenvalue weighted by Gasteiger charge is 2.29. The molecule has 1 aromatic carbocycles. The number of likely N-dealkylation sites (tertiary alicyclic amines) is 1. The monoisotopic (exact) mass is 338 g/mol. The molecule has 0 spiro atoms. The first-order valence-electron chi connectivity index (χ1n) is 7.59. The number of carbonyl (C=O) groups excluding carboxylic acids is 1. The number of hydrogen-bond acceptors (Lipinski definition) is 5. The number of benzene rings is 1. The Morgan fingerprint density at radius 2 is 1.88 bits per heavy atom. The summed E-state index contributed by atoms with van der Waals surface area (Å²) in [6.45, 7) is 0.710. The molecule has 0 radical (unpaired) electrons. The SMILES string of the molecule is COc1ccc(NC(=O)N2CCCC(C(=O)O)C2)c(OC)c1OC. The van der Waals surface area contributed by atoms with Crippen LogP contribution < -0.4 is 19.5 Å². The van der Waals surface area contributed by atoms with Crippen LogP contribution in [0.2, 0.25) is 0 Å². The molecule has 1 saturated heterocycles. The summed E-state index contributed by atoms with van der Waals surface area (Å²) in [6, 6.07) is 2.94. The highest BCUT2D eigenvalue weighted by Crippen LogP contribution is 2.42. The predicted molar refractivity (Wildman–Crippen MR) is 87.0 cm³/mol. The van der Waals surface area contributed by atoms with Gasteiger partial charge >= 0.3 is 12.0 Å². The normalized spacial score (nSPS) is 17.1. The Morgan fingerprint density at radius 3 is 2.46 bits per heavy atom. The zero-order valence-electron chi connectivity index (χ0n) is 14.0. The van der Waals surface area contributed by atoms with Gasteiger partial charge in [-0.05, 0) is 25.0 Å². The minimum Gasteiger partial charge on any atom is -0.493 e. The van der Waals surface area contributed by atoms with E-state index in [1.54, 1.807) is 12.1 Å². The van der Waals surface area contributed by atoms with E-state index in [2.05, 4.69) is 5.32 Å². The Balaban J connectivity index is 2.18. The number of piperidine rings is 1. The number of amides is 2. The Morgan fingerprint density at radius 1 is 1.17 bits per heavy atom. The summed E-state index contributed by atoms with van der Waals surface area (Å²) < 4.78 is 15.8. The standard InChI is InChI=1S/C16H22N2O6/c1-22-12-7-6-11(13(23-2)14(12)24-3)17-16(21)18-8-4-5-10(9-18)15(19)20/h6-7,10H,4-5,8-9H2,1-3H3,(H,17,21)(H,19,20). The summed E-state index contributed by atoms with van der Waals surface area (Å²) in [7, 11) is 4.46. The molecule has 0 aromatic heterocycles. The van der Waals surface area contributed by atoms with E-state index in [4.69, 9.17) is 19.3 Å². The number of carboxylic acids is 1. The number of hydrogen-bond donors (Lipinski definition) is 2. The highest BCUT2D eigenvalue weighted by atomic mass is 16.5. The van der Waals surface area contributed by atoms with Crippen LogP contribution in [-0.4, -0.2) is 56.4 Å². The Hall–Kier alpha value is -2.64. The van der Waals surface area contributed by atoms with Gasteiger partial charge in [-0.25, -0.2) is 4.79 Å². The Labute approximate surface area is 140 Å². The van der Waals surface area contributed by atoms with Crippen molar-refractivity contribution in [3.63, 3.8) is 0 Å². The average molecular weight is 338 g/mol. The van der Waals surface area contributed by atoms with E-state index in [0.29, 0.717) is 42.3 Å². The molecule has 8 heteroatoms. The second-order valence-electron chi connectivity index (χ2n) is 5.44. The van der Waals surface area contributed by atoms with Crippen molar-refractivity contribution in [1.82, 2.24) is 4.90 Å². The van der Waals surface area contributed by atoms with Gasteiger partial charge in [0, 0.05) is 13.1 Å². The van der Waals surface area contributed by atoms with Gasteiger partial charge in [0.05, 0.1) is 32.9 Å². The fourth-order valence-corrected chi connectivity index (χ4v) is 2.76. The maximum absolute atomic E-state index is 12.5. The number of aliphatic carboxylic acids is 1. The molecule has 1 fully saturated rings. The number of nitrogens with one attached hydrogen (secondary N) is 1. The first-order chi connectivity index (χ1) is 11.5. The molecule has 8 nitrogen and oxygen atoms in total. The fraction of sp³-hybridized carbons (Fsp3) is 0.500. The molecule has 132 valence electrons. The van der Waals surface area contributed by atoms with Crippen LogP contribution in [0.15, 0.2) is 12.1 Å². The molecule has 0 aliphatic carbocycles. The molecule has 1 aliphatic heterocycles. The lowest BCUT2D eigenvalue weighted by atomic mass is 9.99. The van der Waals surface area contributed by atoms with E-state index >= 15 is 0 Å². The lowest BCUT2D eigenvalue weighted by Gasteiger charge is -2.31. The average Bonchev–Trinajstić information content (AvgIpc) is 2.61. The van der Waals surface area contributed by atoms with Crippen LogP contribution >= 0.6 is 0 Å². The zero-order chi connectivity index (χ0) is 17.7. The number of methoxy groups -OCH3 is 3. The van der Waals surface area contributed by atoms with E-state index < -0.39 is 11.9 Å².